The summed E-state index contributed by atoms with van der Waals surface area (Å²) in [4.78, 5) is 19.2. The minimum absolute atomic E-state index is 0.217. The fraction of sp³-hybridized carbons (Fsp3) is 0. The number of rotatable bonds is 2. The largest absolute Gasteiger partial charge is 0.297 e. The lowest BCUT2D eigenvalue weighted by Crippen LogP contribution is -2.10. The number of carbonyl (C=O) groups excluding carboxylic acids is 1. The van der Waals surface area contributed by atoms with Gasteiger partial charge in [-0.15, -0.1) is 11.3 Å². The number of benzene rings is 3. The summed E-state index contributed by atoms with van der Waals surface area (Å²) in [5, 5.41) is 7.39. The third kappa shape index (κ3) is 2.21. The molecule has 1 aliphatic carbocycles. The Hall–Kier alpha value is -2.73. The van der Waals surface area contributed by atoms with Crippen LogP contribution in [-0.4, -0.2) is 10.9 Å². The summed E-state index contributed by atoms with van der Waals surface area (Å²) in [5.74, 6) is -0.217. The van der Waals surface area contributed by atoms with Crippen molar-refractivity contribution in [2.75, 3.05) is 5.32 Å². The molecule has 3 aromatic carbocycles. The van der Waals surface area contributed by atoms with E-state index in [0.29, 0.717) is 15.0 Å². The standard InChI is InChI=1S/C22H11ClN2OS2/c23-17-12-7-1-2-10-15(12)27-20(17)21(26)25-22-24-18-13-8-3-5-11-6-4-9-14(16(11)13)19(18)28-22/h1-10H,(H,24,25,26). The molecular formula is C22H11ClN2OS2. The van der Waals surface area contributed by atoms with E-state index in [1.807, 2.05) is 30.3 Å². The predicted molar refractivity (Wildman–Crippen MR) is 119 cm³/mol. The van der Waals surface area contributed by atoms with Gasteiger partial charge in [0.15, 0.2) is 5.13 Å². The van der Waals surface area contributed by atoms with Crippen molar-refractivity contribution in [1.82, 2.24) is 4.98 Å². The van der Waals surface area contributed by atoms with E-state index in [2.05, 4.69) is 35.6 Å². The van der Waals surface area contributed by atoms with Gasteiger partial charge >= 0.3 is 0 Å². The Bertz CT molecular complexity index is 1380. The Morgan fingerprint density at radius 3 is 2.54 bits per heavy atom. The van der Waals surface area contributed by atoms with Crippen LogP contribution < -0.4 is 5.32 Å². The highest BCUT2D eigenvalue weighted by Crippen LogP contribution is 2.50. The van der Waals surface area contributed by atoms with Gasteiger partial charge in [0.05, 0.1) is 15.6 Å². The maximum absolute atomic E-state index is 12.8. The van der Waals surface area contributed by atoms with Crippen LogP contribution in [0.1, 0.15) is 9.67 Å². The van der Waals surface area contributed by atoms with E-state index < -0.39 is 0 Å². The van der Waals surface area contributed by atoms with Crippen molar-refractivity contribution in [3.8, 4) is 21.7 Å². The van der Waals surface area contributed by atoms with Gasteiger partial charge in [0.2, 0.25) is 0 Å². The molecule has 0 radical (unpaired) electrons. The third-order valence-electron chi connectivity index (χ3n) is 4.99. The van der Waals surface area contributed by atoms with Crippen molar-refractivity contribution in [3.63, 3.8) is 0 Å². The summed E-state index contributed by atoms with van der Waals surface area (Å²) < 4.78 is 1.000. The van der Waals surface area contributed by atoms with Gasteiger partial charge in [0, 0.05) is 21.2 Å². The summed E-state index contributed by atoms with van der Waals surface area (Å²) in [7, 11) is 0. The highest BCUT2D eigenvalue weighted by molar-refractivity contribution is 7.22. The molecule has 0 bridgehead atoms. The van der Waals surface area contributed by atoms with Crippen LogP contribution in [0.4, 0.5) is 5.13 Å². The van der Waals surface area contributed by atoms with E-state index in [-0.39, 0.29) is 5.91 Å². The van der Waals surface area contributed by atoms with E-state index in [0.717, 1.165) is 26.2 Å². The molecule has 1 amide bonds. The molecule has 0 atom stereocenters. The Labute approximate surface area is 173 Å². The fourth-order valence-corrected chi connectivity index (χ4v) is 6.20. The monoisotopic (exact) mass is 418 g/mol. The van der Waals surface area contributed by atoms with E-state index >= 15 is 0 Å². The first-order valence-corrected chi connectivity index (χ1v) is 10.7. The molecule has 0 aliphatic heterocycles. The van der Waals surface area contributed by atoms with Crippen LogP contribution in [0.2, 0.25) is 5.02 Å². The second-order valence-electron chi connectivity index (χ2n) is 6.60. The number of hydrogen-bond donors (Lipinski definition) is 1. The lowest BCUT2D eigenvalue weighted by atomic mass is 10.0. The number of anilines is 1. The first kappa shape index (κ1) is 16.2. The smallest absolute Gasteiger partial charge is 0.269 e. The second-order valence-corrected chi connectivity index (χ2v) is 9.03. The predicted octanol–water partition coefficient (Wildman–Crippen LogP) is 7.06. The van der Waals surface area contributed by atoms with Crippen molar-refractivity contribution in [2.24, 2.45) is 0 Å². The van der Waals surface area contributed by atoms with Crippen molar-refractivity contribution >= 4 is 66.2 Å². The lowest BCUT2D eigenvalue weighted by molar-refractivity contribution is 0.103. The van der Waals surface area contributed by atoms with E-state index in [1.165, 1.54) is 39.0 Å². The number of nitrogens with zero attached hydrogens (tertiary/aromatic N) is 1. The molecule has 5 aromatic rings. The summed E-state index contributed by atoms with van der Waals surface area (Å²) in [5.41, 5.74) is 3.25. The van der Waals surface area contributed by atoms with Gasteiger partial charge in [-0.05, 0) is 16.8 Å². The molecular weight excluding hydrogens is 408 g/mol. The number of aromatic nitrogens is 1. The van der Waals surface area contributed by atoms with Crippen LogP contribution in [0.25, 0.3) is 42.6 Å². The van der Waals surface area contributed by atoms with Gasteiger partial charge < -0.3 is 0 Å². The maximum Gasteiger partial charge on any atom is 0.269 e. The highest BCUT2D eigenvalue weighted by Gasteiger charge is 2.26. The summed E-state index contributed by atoms with van der Waals surface area (Å²) in [6.45, 7) is 0. The summed E-state index contributed by atoms with van der Waals surface area (Å²) >= 11 is 9.35. The normalized spacial score (nSPS) is 11.9. The molecule has 28 heavy (non-hydrogen) atoms. The van der Waals surface area contributed by atoms with Gasteiger partial charge in [-0.25, -0.2) is 4.98 Å². The zero-order chi connectivity index (χ0) is 18.8. The topological polar surface area (TPSA) is 42.0 Å². The van der Waals surface area contributed by atoms with Crippen LogP contribution in [-0.2, 0) is 0 Å². The molecule has 0 saturated heterocycles. The molecule has 134 valence electrons. The molecule has 1 aliphatic rings. The first-order valence-electron chi connectivity index (χ1n) is 8.72. The van der Waals surface area contributed by atoms with E-state index in [9.17, 15) is 4.79 Å². The number of thiazole rings is 1. The summed E-state index contributed by atoms with van der Waals surface area (Å²) in [6, 6.07) is 20.3. The van der Waals surface area contributed by atoms with Gasteiger partial charge in [-0.1, -0.05) is 77.5 Å². The number of fused-ring (bicyclic) bond motifs is 4. The van der Waals surface area contributed by atoms with Crippen molar-refractivity contribution in [1.29, 1.82) is 0 Å². The summed E-state index contributed by atoms with van der Waals surface area (Å²) in [6.07, 6.45) is 0. The molecule has 2 aromatic heterocycles. The van der Waals surface area contributed by atoms with Crippen molar-refractivity contribution in [2.45, 2.75) is 0 Å². The number of thiophene rings is 1. The molecule has 3 nitrogen and oxygen atoms in total. The third-order valence-corrected chi connectivity index (χ3v) is 7.67. The molecule has 6 rings (SSSR count). The Morgan fingerprint density at radius 2 is 1.71 bits per heavy atom. The zero-order valence-corrected chi connectivity index (χ0v) is 16.7. The van der Waals surface area contributed by atoms with Gasteiger partial charge in [0.1, 0.15) is 4.88 Å². The average molecular weight is 419 g/mol. The molecule has 0 spiro atoms. The van der Waals surface area contributed by atoms with Crippen LogP contribution in [0.3, 0.4) is 0 Å². The van der Waals surface area contributed by atoms with Crippen molar-refractivity contribution in [3.05, 3.63) is 70.6 Å². The average Bonchev–Trinajstić information content (AvgIpc) is 3.36. The van der Waals surface area contributed by atoms with E-state index in [1.54, 1.807) is 0 Å². The van der Waals surface area contributed by atoms with Gasteiger partial charge in [0.25, 0.3) is 5.91 Å². The Kier molecular flexibility index (Phi) is 3.41. The van der Waals surface area contributed by atoms with Gasteiger partial charge in [-0.3, -0.25) is 10.1 Å². The quantitative estimate of drug-likeness (QED) is 0.327. The lowest BCUT2D eigenvalue weighted by Gasteiger charge is -2.03. The number of hydrogen-bond acceptors (Lipinski definition) is 4. The fourth-order valence-electron chi connectivity index (χ4n) is 3.78. The van der Waals surface area contributed by atoms with Crippen LogP contribution in [0, 0.1) is 0 Å². The van der Waals surface area contributed by atoms with Gasteiger partial charge in [-0.2, -0.15) is 0 Å². The minimum atomic E-state index is -0.217. The van der Waals surface area contributed by atoms with Crippen LogP contribution in [0.15, 0.2) is 60.7 Å². The minimum Gasteiger partial charge on any atom is -0.297 e. The second kappa shape index (κ2) is 5.88. The molecule has 2 heterocycles. The zero-order valence-electron chi connectivity index (χ0n) is 14.3. The molecule has 0 unspecified atom stereocenters. The van der Waals surface area contributed by atoms with E-state index in [4.69, 9.17) is 16.6 Å². The molecule has 0 saturated carbocycles. The Morgan fingerprint density at radius 1 is 0.929 bits per heavy atom. The van der Waals surface area contributed by atoms with Crippen LogP contribution >= 0.6 is 34.3 Å². The number of amides is 1. The highest BCUT2D eigenvalue weighted by atomic mass is 35.5. The number of carbonyl (C=O) groups is 1. The molecule has 6 heteroatoms. The Balaban J connectivity index is 1.40. The van der Waals surface area contributed by atoms with Crippen molar-refractivity contribution < 1.29 is 4.79 Å². The number of nitrogens with one attached hydrogen (secondary N) is 1. The SMILES string of the molecule is O=C(Nc1nc2c(s1)-c1cccc3cccc-2c13)c1sc2ccccc2c1Cl. The molecule has 0 fully saturated rings. The first-order chi connectivity index (χ1) is 13.7. The maximum atomic E-state index is 12.8. The molecule has 1 N–H and O–H groups in total. The number of halogens is 1. The van der Waals surface area contributed by atoms with Crippen LogP contribution in [0.5, 0.6) is 0 Å².